The van der Waals surface area contributed by atoms with E-state index in [1.807, 2.05) is 43.0 Å². The van der Waals surface area contributed by atoms with Crippen LogP contribution in [0.4, 0.5) is 4.79 Å². The normalized spacial score (nSPS) is 15.2. The summed E-state index contributed by atoms with van der Waals surface area (Å²) in [6.45, 7) is 6.83. The standard InChI is InChI=1S/C20H28N4O3/c1-15(2)14-27-20(26)24-11-5-10-23(12-13-24)19(25)9-8-18-21-16-6-3-4-7-17(16)22-18/h3-4,6-7,15H,5,8-14H2,1-2H3,(H,21,22). The number of carbonyl (C=O) groups excluding carboxylic acids is 2. The zero-order valence-corrected chi connectivity index (χ0v) is 16.1. The number of aromatic nitrogens is 2. The average Bonchev–Trinajstić information content (AvgIpc) is 2.91. The fourth-order valence-electron chi connectivity index (χ4n) is 3.19. The van der Waals surface area contributed by atoms with E-state index < -0.39 is 0 Å². The van der Waals surface area contributed by atoms with E-state index in [1.54, 1.807) is 4.90 Å². The molecular weight excluding hydrogens is 344 g/mol. The number of imidazole rings is 1. The van der Waals surface area contributed by atoms with Crippen molar-refractivity contribution in [3.63, 3.8) is 0 Å². The number of hydrogen-bond donors (Lipinski definition) is 1. The van der Waals surface area contributed by atoms with Crippen molar-refractivity contribution in [2.45, 2.75) is 33.1 Å². The maximum atomic E-state index is 12.6. The minimum absolute atomic E-state index is 0.104. The first-order valence-corrected chi connectivity index (χ1v) is 9.66. The molecule has 0 spiro atoms. The maximum absolute atomic E-state index is 12.6. The predicted molar refractivity (Wildman–Crippen MR) is 103 cm³/mol. The zero-order chi connectivity index (χ0) is 19.2. The minimum Gasteiger partial charge on any atom is -0.449 e. The molecule has 0 bridgehead atoms. The van der Waals surface area contributed by atoms with Crippen LogP contribution in [-0.2, 0) is 16.0 Å². The van der Waals surface area contributed by atoms with Gasteiger partial charge in [-0.1, -0.05) is 26.0 Å². The lowest BCUT2D eigenvalue weighted by Gasteiger charge is -2.22. The van der Waals surface area contributed by atoms with Gasteiger partial charge in [0.2, 0.25) is 5.91 Å². The molecule has 0 saturated carbocycles. The molecule has 0 aliphatic carbocycles. The van der Waals surface area contributed by atoms with Crippen LogP contribution in [-0.4, -0.2) is 64.6 Å². The van der Waals surface area contributed by atoms with Crippen LogP contribution in [0.2, 0.25) is 0 Å². The molecule has 1 saturated heterocycles. The van der Waals surface area contributed by atoms with Crippen LogP contribution in [0, 0.1) is 5.92 Å². The largest absolute Gasteiger partial charge is 0.449 e. The quantitative estimate of drug-likeness (QED) is 0.875. The Morgan fingerprint density at radius 1 is 1.15 bits per heavy atom. The van der Waals surface area contributed by atoms with Crippen molar-refractivity contribution < 1.29 is 14.3 Å². The van der Waals surface area contributed by atoms with Gasteiger partial charge in [0.15, 0.2) is 0 Å². The van der Waals surface area contributed by atoms with Gasteiger partial charge in [-0.2, -0.15) is 0 Å². The van der Waals surface area contributed by atoms with Gasteiger partial charge < -0.3 is 19.5 Å². The van der Waals surface area contributed by atoms with E-state index in [2.05, 4.69) is 9.97 Å². The second-order valence-corrected chi connectivity index (χ2v) is 7.39. The van der Waals surface area contributed by atoms with E-state index in [4.69, 9.17) is 4.74 Å². The van der Waals surface area contributed by atoms with Crippen LogP contribution >= 0.6 is 0 Å². The highest BCUT2D eigenvalue weighted by Crippen LogP contribution is 2.13. The molecule has 1 aliphatic heterocycles. The molecule has 2 aromatic rings. The molecule has 1 aliphatic rings. The average molecular weight is 372 g/mol. The first kappa shape index (κ1) is 19.2. The summed E-state index contributed by atoms with van der Waals surface area (Å²) in [5.74, 6) is 1.25. The molecule has 0 radical (unpaired) electrons. The number of carbonyl (C=O) groups is 2. The fourth-order valence-corrected chi connectivity index (χ4v) is 3.19. The molecule has 1 aromatic heterocycles. The summed E-state index contributed by atoms with van der Waals surface area (Å²) in [6.07, 6.45) is 1.50. The fraction of sp³-hybridized carbons (Fsp3) is 0.550. The number of aromatic amines is 1. The minimum atomic E-state index is -0.278. The summed E-state index contributed by atoms with van der Waals surface area (Å²) < 4.78 is 5.30. The molecule has 146 valence electrons. The van der Waals surface area contributed by atoms with Crippen molar-refractivity contribution >= 4 is 23.0 Å². The highest BCUT2D eigenvalue weighted by molar-refractivity contribution is 5.77. The lowest BCUT2D eigenvalue weighted by molar-refractivity contribution is -0.131. The van der Waals surface area contributed by atoms with Crippen LogP contribution in [0.15, 0.2) is 24.3 Å². The Kier molecular flexibility index (Phi) is 6.32. The number of aryl methyl sites for hydroxylation is 1. The predicted octanol–water partition coefficient (Wildman–Crippen LogP) is 2.82. The third kappa shape index (κ3) is 5.21. The lowest BCUT2D eigenvalue weighted by atomic mass is 10.2. The van der Waals surface area contributed by atoms with Gasteiger partial charge in [-0.3, -0.25) is 4.79 Å². The zero-order valence-electron chi connectivity index (χ0n) is 16.1. The van der Waals surface area contributed by atoms with Crippen molar-refractivity contribution in [1.82, 2.24) is 19.8 Å². The highest BCUT2D eigenvalue weighted by atomic mass is 16.6. The summed E-state index contributed by atoms with van der Waals surface area (Å²) in [4.78, 5) is 36.0. The van der Waals surface area contributed by atoms with Crippen molar-refractivity contribution in [3.05, 3.63) is 30.1 Å². The third-order valence-electron chi connectivity index (χ3n) is 4.66. The highest BCUT2D eigenvalue weighted by Gasteiger charge is 2.23. The van der Waals surface area contributed by atoms with Crippen LogP contribution < -0.4 is 0 Å². The Labute approximate surface area is 159 Å². The van der Waals surface area contributed by atoms with Gasteiger partial charge in [0, 0.05) is 39.0 Å². The van der Waals surface area contributed by atoms with E-state index in [0.717, 1.165) is 23.3 Å². The first-order valence-electron chi connectivity index (χ1n) is 9.66. The number of ether oxygens (including phenoxy) is 1. The molecule has 7 heteroatoms. The Hall–Kier alpha value is -2.57. The molecule has 1 fully saturated rings. The second kappa shape index (κ2) is 8.88. The van der Waals surface area contributed by atoms with Gasteiger partial charge in [0.05, 0.1) is 17.6 Å². The van der Waals surface area contributed by atoms with E-state index in [0.29, 0.717) is 51.5 Å². The second-order valence-electron chi connectivity index (χ2n) is 7.39. The SMILES string of the molecule is CC(C)COC(=O)N1CCCN(C(=O)CCc2nc3ccccc3[nH]2)CC1. The molecule has 2 amide bonds. The first-order chi connectivity index (χ1) is 13.0. The maximum Gasteiger partial charge on any atom is 0.409 e. The Morgan fingerprint density at radius 3 is 2.67 bits per heavy atom. The van der Waals surface area contributed by atoms with Crippen molar-refractivity contribution in [2.24, 2.45) is 5.92 Å². The summed E-state index contributed by atoms with van der Waals surface area (Å²) >= 11 is 0. The van der Waals surface area contributed by atoms with Crippen molar-refractivity contribution in [3.8, 4) is 0 Å². The monoisotopic (exact) mass is 372 g/mol. The Bertz CT molecular complexity index is 753. The van der Waals surface area contributed by atoms with Gasteiger partial charge in [-0.25, -0.2) is 9.78 Å². The molecule has 1 N–H and O–H groups in total. The molecule has 3 rings (SSSR count). The molecular formula is C20H28N4O3. The van der Waals surface area contributed by atoms with Crippen molar-refractivity contribution in [1.29, 1.82) is 0 Å². The number of nitrogens with zero attached hydrogens (tertiary/aromatic N) is 3. The number of para-hydroxylation sites is 2. The molecule has 2 heterocycles. The molecule has 7 nitrogen and oxygen atoms in total. The van der Waals surface area contributed by atoms with Gasteiger partial charge in [0.1, 0.15) is 5.82 Å². The van der Waals surface area contributed by atoms with E-state index in [9.17, 15) is 9.59 Å². The third-order valence-corrected chi connectivity index (χ3v) is 4.66. The summed E-state index contributed by atoms with van der Waals surface area (Å²) in [7, 11) is 0. The number of H-pyrrole nitrogens is 1. The Balaban J connectivity index is 1.48. The summed E-state index contributed by atoms with van der Waals surface area (Å²) in [6, 6.07) is 7.85. The van der Waals surface area contributed by atoms with Gasteiger partial charge in [0.25, 0.3) is 0 Å². The number of rotatable bonds is 5. The number of benzene rings is 1. The van der Waals surface area contributed by atoms with Crippen LogP contribution in [0.1, 0.15) is 32.5 Å². The van der Waals surface area contributed by atoms with Crippen LogP contribution in [0.5, 0.6) is 0 Å². The van der Waals surface area contributed by atoms with E-state index >= 15 is 0 Å². The van der Waals surface area contributed by atoms with Crippen LogP contribution in [0.25, 0.3) is 11.0 Å². The number of fused-ring (bicyclic) bond motifs is 1. The van der Waals surface area contributed by atoms with E-state index in [-0.39, 0.29) is 12.0 Å². The molecule has 0 unspecified atom stereocenters. The van der Waals surface area contributed by atoms with Gasteiger partial charge >= 0.3 is 6.09 Å². The van der Waals surface area contributed by atoms with Crippen LogP contribution in [0.3, 0.4) is 0 Å². The lowest BCUT2D eigenvalue weighted by Crippen LogP contribution is -2.38. The number of hydrogen-bond acceptors (Lipinski definition) is 4. The molecule has 27 heavy (non-hydrogen) atoms. The summed E-state index contributed by atoms with van der Waals surface area (Å²) in [5, 5.41) is 0. The van der Waals surface area contributed by atoms with Gasteiger partial charge in [-0.05, 0) is 24.5 Å². The van der Waals surface area contributed by atoms with Gasteiger partial charge in [-0.15, -0.1) is 0 Å². The molecule has 1 aromatic carbocycles. The number of amides is 2. The Morgan fingerprint density at radius 2 is 1.89 bits per heavy atom. The van der Waals surface area contributed by atoms with Crippen molar-refractivity contribution in [2.75, 3.05) is 32.8 Å². The summed E-state index contributed by atoms with van der Waals surface area (Å²) in [5.41, 5.74) is 1.91. The van der Waals surface area contributed by atoms with E-state index in [1.165, 1.54) is 0 Å². The number of nitrogens with one attached hydrogen (secondary N) is 1. The molecule has 0 atom stereocenters. The smallest absolute Gasteiger partial charge is 0.409 e. The topological polar surface area (TPSA) is 78.5 Å².